The number of para-hydroxylation sites is 1. The van der Waals surface area contributed by atoms with Gasteiger partial charge in [0.25, 0.3) is 0 Å². The highest BCUT2D eigenvalue weighted by Crippen LogP contribution is 2.29. The molecule has 2 rings (SSSR count). The van der Waals surface area contributed by atoms with Gasteiger partial charge in [-0.15, -0.1) is 0 Å². The summed E-state index contributed by atoms with van der Waals surface area (Å²) in [6.45, 7) is 4.24. The molecule has 0 heterocycles. The Morgan fingerprint density at radius 2 is 1.89 bits per heavy atom. The van der Waals surface area contributed by atoms with Gasteiger partial charge in [-0.2, -0.15) is 0 Å². The van der Waals surface area contributed by atoms with Crippen LogP contribution in [0.3, 0.4) is 0 Å². The summed E-state index contributed by atoms with van der Waals surface area (Å²) in [7, 11) is 0. The van der Waals surface area contributed by atoms with E-state index in [4.69, 9.17) is 11.5 Å². The summed E-state index contributed by atoms with van der Waals surface area (Å²) in [4.78, 5) is 0. The van der Waals surface area contributed by atoms with Gasteiger partial charge in [0, 0.05) is 11.4 Å². The number of anilines is 4. The topological polar surface area (TPSA) is 64.1 Å². The summed E-state index contributed by atoms with van der Waals surface area (Å²) in [5.41, 5.74) is 17.5. The van der Waals surface area contributed by atoms with E-state index >= 15 is 0 Å². The standard InChI is InChI=1S/C15H19N3/c1-3-11-6-4-5-10(2)15(11)18-14-8-7-12(16)9-13(14)17/h4-9,18H,3,16-17H2,1-2H3. The molecule has 0 radical (unpaired) electrons. The van der Waals surface area contributed by atoms with Crippen LogP contribution in [0.1, 0.15) is 18.1 Å². The molecule has 18 heavy (non-hydrogen) atoms. The monoisotopic (exact) mass is 241 g/mol. The maximum atomic E-state index is 5.97. The molecule has 0 unspecified atom stereocenters. The number of nitrogens with two attached hydrogens (primary N) is 2. The molecule has 2 aromatic carbocycles. The van der Waals surface area contributed by atoms with Crippen LogP contribution in [0.4, 0.5) is 22.7 Å². The first-order chi connectivity index (χ1) is 8.61. The molecule has 0 saturated carbocycles. The molecule has 0 aliphatic heterocycles. The highest BCUT2D eigenvalue weighted by molar-refractivity contribution is 5.77. The minimum atomic E-state index is 0.667. The Balaban J connectivity index is 2.39. The Hall–Kier alpha value is -2.16. The van der Waals surface area contributed by atoms with Gasteiger partial charge < -0.3 is 16.8 Å². The molecule has 0 aliphatic carbocycles. The van der Waals surface area contributed by atoms with Crippen molar-refractivity contribution in [2.45, 2.75) is 20.3 Å². The Kier molecular flexibility index (Phi) is 3.42. The van der Waals surface area contributed by atoms with E-state index in [9.17, 15) is 0 Å². The Morgan fingerprint density at radius 1 is 1.11 bits per heavy atom. The van der Waals surface area contributed by atoms with Gasteiger partial charge in [0.1, 0.15) is 0 Å². The van der Waals surface area contributed by atoms with Gasteiger partial charge in [-0.3, -0.25) is 0 Å². The lowest BCUT2D eigenvalue weighted by molar-refractivity contribution is 1.13. The molecule has 2 aromatic rings. The van der Waals surface area contributed by atoms with E-state index in [2.05, 4.69) is 37.4 Å². The van der Waals surface area contributed by atoms with Crippen molar-refractivity contribution < 1.29 is 0 Å². The van der Waals surface area contributed by atoms with Crippen LogP contribution in [0.25, 0.3) is 0 Å². The first-order valence-electron chi connectivity index (χ1n) is 6.12. The van der Waals surface area contributed by atoms with Gasteiger partial charge in [0.15, 0.2) is 0 Å². The lowest BCUT2D eigenvalue weighted by Gasteiger charge is -2.15. The Bertz CT molecular complexity index is 562. The van der Waals surface area contributed by atoms with E-state index in [1.54, 1.807) is 6.07 Å². The van der Waals surface area contributed by atoms with Gasteiger partial charge >= 0.3 is 0 Å². The van der Waals surface area contributed by atoms with Gasteiger partial charge in [0.2, 0.25) is 0 Å². The number of hydrogen-bond donors (Lipinski definition) is 3. The Labute approximate surface area is 108 Å². The van der Waals surface area contributed by atoms with E-state index in [1.807, 2.05) is 12.1 Å². The highest BCUT2D eigenvalue weighted by Gasteiger charge is 2.06. The smallest absolute Gasteiger partial charge is 0.0619 e. The molecule has 0 spiro atoms. The van der Waals surface area contributed by atoms with Crippen molar-refractivity contribution in [1.82, 2.24) is 0 Å². The number of nitrogen functional groups attached to an aromatic ring is 2. The summed E-state index contributed by atoms with van der Waals surface area (Å²) >= 11 is 0. The van der Waals surface area contributed by atoms with E-state index in [-0.39, 0.29) is 0 Å². The first-order valence-corrected chi connectivity index (χ1v) is 6.12. The minimum Gasteiger partial charge on any atom is -0.399 e. The number of aryl methyl sites for hydroxylation is 2. The molecule has 0 amide bonds. The fourth-order valence-corrected chi connectivity index (χ4v) is 2.03. The third kappa shape index (κ3) is 2.40. The largest absolute Gasteiger partial charge is 0.399 e. The summed E-state index contributed by atoms with van der Waals surface area (Å²) in [5.74, 6) is 0. The lowest BCUT2D eigenvalue weighted by atomic mass is 10.1. The van der Waals surface area contributed by atoms with Crippen molar-refractivity contribution in [2.75, 3.05) is 16.8 Å². The molecule has 0 fully saturated rings. The molecule has 3 heteroatoms. The normalized spacial score (nSPS) is 10.3. The molecule has 0 aliphatic rings. The van der Waals surface area contributed by atoms with Crippen molar-refractivity contribution in [3.05, 3.63) is 47.5 Å². The SMILES string of the molecule is CCc1cccc(C)c1Nc1ccc(N)cc1N. The van der Waals surface area contributed by atoms with E-state index in [1.165, 1.54) is 11.1 Å². The molecule has 5 N–H and O–H groups in total. The maximum Gasteiger partial charge on any atom is 0.0619 e. The van der Waals surface area contributed by atoms with Crippen molar-refractivity contribution in [3.63, 3.8) is 0 Å². The van der Waals surface area contributed by atoms with E-state index < -0.39 is 0 Å². The second kappa shape index (κ2) is 5.00. The Morgan fingerprint density at radius 3 is 2.56 bits per heavy atom. The van der Waals surface area contributed by atoms with E-state index in [0.29, 0.717) is 11.4 Å². The number of hydrogen-bond acceptors (Lipinski definition) is 3. The average molecular weight is 241 g/mol. The molecular formula is C15H19N3. The zero-order valence-electron chi connectivity index (χ0n) is 10.8. The molecule has 0 saturated heterocycles. The third-order valence-electron chi connectivity index (χ3n) is 3.08. The van der Waals surface area contributed by atoms with Crippen molar-refractivity contribution >= 4 is 22.7 Å². The van der Waals surface area contributed by atoms with Crippen LogP contribution in [0.5, 0.6) is 0 Å². The summed E-state index contributed by atoms with van der Waals surface area (Å²) in [6, 6.07) is 11.8. The molecule has 0 bridgehead atoms. The predicted octanol–water partition coefficient (Wildman–Crippen LogP) is 3.47. The number of benzene rings is 2. The van der Waals surface area contributed by atoms with Gasteiger partial charge in [0.05, 0.1) is 11.4 Å². The van der Waals surface area contributed by atoms with Crippen molar-refractivity contribution in [1.29, 1.82) is 0 Å². The number of rotatable bonds is 3. The second-order valence-corrected chi connectivity index (χ2v) is 4.43. The van der Waals surface area contributed by atoms with Crippen molar-refractivity contribution in [3.8, 4) is 0 Å². The van der Waals surface area contributed by atoms with Crippen LogP contribution in [-0.4, -0.2) is 0 Å². The number of nitrogens with one attached hydrogen (secondary N) is 1. The van der Waals surface area contributed by atoms with Gasteiger partial charge in [-0.05, 0) is 42.7 Å². The molecule has 0 aromatic heterocycles. The third-order valence-corrected chi connectivity index (χ3v) is 3.08. The van der Waals surface area contributed by atoms with Crippen molar-refractivity contribution in [2.24, 2.45) is 0 Å². The zero-order valence-corrected chi connectivity index (χ0v) is 10.8. The van der Waals surface area contributed by atoms with Crippen LogP contribution < -0.4 is 16.8 Å². The molecular weight excluding hydrogens is 222 g/mol. The predicted molar refractivity (Wildman–Crippen MR) is 79.1 cm³/mol. The molecule has 94 valence electrons. The van der Waals surface area contributed by atoms with Gasteiger partial charge in [-0.25, -0.2) is 0 Å². The van der Waals surface area contributed by atoms with Gasteiger partial charge in [-0.1, -0.05) is 25.1 Å². The fraction of sp³-hybridized carbons (Fsp3) is 0.200. The van der Waals surface area contributed by atoms with Crippen LogP contribution in [0.2, 0.25) is 0 Å². The first kappa shape index (κ1) is 12.3. The summed E-state index contributed by atoms with van der Waals surface area (Å²) < 4.78 is 0. The van der Waals surface area contributed by atoms with E-state index in [0.717, 1.165) is 17.8 Å². The summed E-state index contributed by atoms with van der Waals surface area (Å²) in [6.07, 6.45) is 0.985. The quantitative estimate of drug-likeness (QED) is 0.721. The molecule has 3 nitrogen and oxygen atoms in total. The molecule has 0 atom stereocenters. The van der Waals surface area contributed by atoms with Crippen LogP contribution in [-0.2, 0) is 6.42 Å². The van der Waals surface area contributed by atoms with Crippen LogP contribution in [0.15, 0.2) is 36.4 Å². The minimum absolute atomic E-state index is 0.667. The average Bonchev–Trinajstić information content (AvgIpc) is 2.34. The fourth-order valence-electron chi connectivity index (χ4n) is 2.03. The summed E-state index contributed by atoms with van der Waals surface area (Å²) in [5, 5.41) is 3.41. The maximum absolute atomic E-state index is 5.97. The lowest BCUT2D eigenvalue weighted by Crippen LogP contribution is -2.01. The van der Waals surface area contributed by atoms with Crippen LogP contribution >= 0.6 is 0 Å². The zero-order chi connectivity index (χ0) is 13.1. The second-order valence-electron chi connectivity index (χ2n) is 4.43. The highest BCUT2D eigenvalue weighted by atomic mass is 14.9. The van der Waals surface area contributed by atoms with Crippen LogP contribution in [0, 0.1) is 6.92 Å².